The van der Waals surface area contributed by atoms with Gasteiger partial charge in [0.15, 0.2) is 0 Å². The summed E-state index contributed by atoms with van der Waals surface area (Å²) < 4.78 is 5.15. The topological polar surface area (TPSA) is 15.7 Å². The summed E-state index contributed by atoms with van der Waals surface area (Å²) in [6, 6.07) is 8.28. The minimum Gasteiger partial charge on any atom is -0.497 e. The fourth-order valence-corrected chi connectivity index (χ4v) is 1.91. The van der Waals surface area contributed by atoms with Crippen LogP contribution in [0.3, 0.4) is 0 Å². The van der Waals surface area contributed by atoms with E-state index in [1.807, 2.05) is 12.1 Å². The predicted octanol–water partition coefficient (Wildman–Crippen LogP) is 1.79. The number of likely N-dealkylation sites (N-methyl/N-ethyl adjacent to an activating group) is 1. The van der Waals surface area contributed by atoms with Crippen molar-refractivity contribution < 1.29 is 4.74 Å². The van der Waals surface area contributed by atoms with E-state index in [1.54, 1.807) is 7.11 Å². The van der Waals surface area contributed by atoms with Gasteiger partial charge in [0.05, 0.1) is 13.8 Å². The molecule has 1 aromatic carbocycles. The van der Waals surface area contributed by atoms with Gasteiger partial charge in [0, 0.05) is 18.8 Å². The lowest BCUT2D eigenvalue weighted by Crippen LogP contribution is -2.24. The molecule has 1 aromatic rings. The molecule has 0 unspecified atom stereocenters. The minimum atomic E-state index is 0.922. The number of ether oxygens (including phenoxy) is 1. The van der Waals surface area contributed by atoms with E-state index in [9.17, 15) is 0 Å². The SMILES string of the molecule is CCN1CCN(c2ccc(OC)cc2)C1. The van der Waals surface area contributed by atoms with Crippen LogP contribution in [0.15, 0.2) is 24.3 Å². The number of hydrogen-bond acceptors (Lipinski definition) is 3. The highest BCUT2D eigenvalue weighted by atomic mass is 16.5. The molecule has 0 aromatic heterocycles. The largest absolute Gasteiger partial charge is 0.497 e. The molecule has 0 N–H and O–H groups in total. The lowest BCUT2D eigenvalue weighted by atomic mass is 10.3. The lowest BCUT2D eigenvalue weighted by molar-refractivity contribution is 0.361. The number of methoxy groups -OCH3 is 1. The summed E-state index contributed by atoms with van der Waals surface area (Å²) in [5.74, 6) is 0.922. The third-order valence-electron chi connectivity index (χ3n) is 2.94. The van der Waals surface area contributed by atoms with Crippen molar-refractivity contribution in [3.63, 3.8) is 0 Å². The Morgan fingerprint density at radius 1 is 1.20 bits per heavy atom. The van der Waals surface area contributed by atoms with Crippen molar-refractivity contribution >= 4 is 5.69 Å². The smallest absolute Gasteiger partial charge is 0.119 e. The molecule has 0 bridgehead atoms. The molecule has 0 aliphatic carbocycles. The zero-order valence-electron chi connectivity index (χ0n) is 9.44. The summed E-state index contributed by atoms with van der Waals surface area (Å²) in [5.41, 5.74) is 1.28. The molecular formula is C12H18N2O. The van der Waals surface area contributed by atoms with Crippen molar-refractivity contribution in [1.29, 1.82) is 0 Å². The standard InChI is InChI=1S/C12H18N2O/c1-3-13-8-9-14(10-13)11-4-6-12(15-2)7-5-11/h4-7H,3,8-10H2,1-2H3. The molecule has 1 fully saturated rings. The predicted molar refractivity (Wildman–Crippen MR) is 62.5 cm³/mol. The van der Waals surface area contributed by atoms with E-state index < -0.39 is 0 Å². The monoisotopic (exact) mass is 206 g/mol. The van der Waals surface area contributed by atoms with Crippen LogP contribution >= 0.6 is 0 Å². The van der Waals surface area contributed by atoms with E-state index in [4.69, 9.17) is 4.74 Å². The molecule has 0 saturated carbocycles. The van der Waals surface area contributed by atoms with Crippen LogP contribution in [0.4, 0.5) is 5.69 Å². The highest BCUT2D eigenvalue weighted by Gasteiger charge is 2.18. The van der Waals surface area contributed by atoms with E-state index in [-0.39, 0.29) is 0 Å². The van der Waals surface area contributed by atoms with Gasteiger partial charge in [-0.15, -0.1) is 0 Å². The van der Waals surface area contributed by atoms with Gasteiger partial charge in [-0.1, -0.05) is 6.92 Å². The van der Waals surface area contributed by atoms with Gasteiger partial charge in [-0.05, 0) is 30.8 Å². The Kier molecular flexibility index (Phi) is 3.11. The molecule has 0 spiro atoms. The second-order valence-corrected chi connectivity index (χ2v) is 3.81. The lowest BCUT2D eigenvalue weighted by Gasteiger charge is -2.19. The maximum Gasteiger partial charge on any atom is 0.119 e. The Bertz CT molecular complexity index is 310. The van der Waals surface area contributed by atoms with Gasteiger partial charge in [-0.25, -0.2) is 0 Å². The zero-order chi connectivity index (χ0) is 10.7. The minimum absolute atomic E-state index is 0.922. The normalized spacial score (nSPS) is 17.1. The quantitative estimate of drug-likeness (QED) is 0.750. The Labute approximate surface area is 91.2 Å². The van der Waals surface area contributed by atoms with Gasteiger partial charge in [-0.3, -0.25) is 4.90 Å². The van der Waals surface area contributed by atoms with Gasteiger partial charge in [-0.2, -0.15) is 0 Å². The maximum absolute atomic E-state index is 5.15. The molecule has 3 nitrogen and oxygen atoms in total. The van der Waals surface area contributed by atoms with Gasteiger partial charge >= 0.3 is 0 Å². The van der Waals surface area contributed by atoms with Gasteiger partial charge in [0.1, 0.15) is 5.75 Å². The fraction of sp³-hybridized carbons (Fsp3) is 0.500. The second kappa shape index (κ2) is 4.53. The molecule has 0 radical (unpaired) electrons. The molecule has 3 heteroatoms. The van der Waals surface area contributed by atoms with Gasteiger partial charge in [0.2, 0.25) is 0 Å². The van der Waals surface area contributed by atoms with Crippen LogP contribution in [0.1, 0.15) is 6.92 Å². The van der Waals surface area contributed by atoms with E-state index in [2.05, 4.69) is 28.9 Å². The molecule has 2 rings (SSSR count). The average molecular weight is 206 g/mol. The van der Waals surface area contributed by atoms with Crippen LogP contribution in [-0.4, -0.2) is 38.3 Å². The first-order valence-electron chi connectivity index (χ1n) is 5.45. The van der Waals surface area contributed by atoms with Crippen molar-refractivity contribution in [3.05, 3.63) is 24.3 Å². The van der Waals surface area contributed by atoms with Gasteiger partial charge < -0.3 is 9.64 Å². The highest BCUT2D eigenvalue weighted by Crippen LogP contribution is 2.21. The Hall–Kier alpha value is -1.22. The highest BCUT2D eigenvalue weighted by molar-refractivity contribution is 5.49. The summed E-state index contributed by atoms with van der Waals surface area (Å²) in [4.78, 5) is 4.83. The molecular weight excluding hydrogens is 188 g/mol. The number of anilines is 1. The molecule has 82 valence electrons. The number of benzene rings is 1. The number of hydrogen-bond donors (Lipinski definition) is 0. The summed E-state index contributed by atoms with van der Waals surface area (Å²) in [7, 11) is 1.70. The molecule has 1 aliphatic rings. The Balaban J connectivity index is 2.04. The van der Waals surface area contributed by atoms with Crippen molar-refractivity contribution in [3.8, 4) is 5.75 Å². The van der Waals surface area contributed by atoms with E-state index in [1.165, 1.54) is 12.2 Å². The fourth-order valence-electron chi connectivity index (χ4n) is 1.91. The van der Waals surface area contributed by atoms with E-state index >= 15 is 0 Å². The first-order chi connectivity index (χ1) is 7.33. The molecule has 1 heterocycles. The van der Waals surface area contributed by atoms with Crippen molar-refractivity contribution in [2.75, 3.05) is 38.3 Å². The number of rotatable bonds is 3. The average Bonchev–Trinajstić information content (AvgIpc) is 2.78. The van der Waals surface area contributed by atoms with Crippen molar-refractivity contribution in [1.82, 2.24) is 4.90 Å². The third kappa shape index (κ3) is 2.23. The molecule has 1 saturated heterocycles. The van der Waals surface area contributed by atoms with Gasteiger partial charge in [0.25, 0.3) is 0 Å². The zero-order valence-corrected chi connectivity index (χ0v) is 9.44. The first-order valence-corrected chi connectivity index (χ1v) is 5.45. The van der Waals surface area contributed by atoms with Crippen LogP contribution in [0, 0.1) is 0 Å². The number of nitrogens with zero attached hydrogens (tertiary/aromatic N) is 2. The second-order valence-electron chi connectivity index (χ2n) is 3.81. The van der Waals surface area contributed by atoms with Crippen LogP contribution < -0.4 is 9.64 Å². The summed E-state index contributed by atoms with van der Waals surface area (Å²) in [6.45, 7) is 6.68. The van der Waals surface area contributed by atoms with Crippen molar-refractivity contribution in [2.45, 2.75) is 6.92 Å². The van der Waals surface area contributed by atoms with Crippen LogP contribution in [0.25, 0.3) is 0 Å². The van der Waals surface area contributed by atoms with E-state index in [0.29, 0.717) is 0 Å². The maximum atomic E-state index is 5.15. The van der Waals surface area contributed by atoms with Crippen LogP contribution in [0.2, 0.25) is 0 Å². The molecule has 15 heavy (non-hydrogen) atoms. The Morgan fingerprint density at radius 2 is 1.93 bits per heavy atom. The first kappa shape index (κ1) is 10.3. The van der Waals surface area contributed by atoms with Crippen molar-refractivity contribution in [2.24, 2.45) is 0 Å². The summed E-state index contributed by atoms with van der Waals surface area (Å²) in [5, 5.41) is 0. The molecule has 0 amide bonds. The van der Waals surface area contributed by atoms with Crippen LogP contribution in [-0.2, 0) is 0 Å². The van der Waals surface area contributed by atoms with E-state index in [0.717, 1.165) is 25.5 Å². The molecule has 0 atom stereocenters. The summed E-state index contributed by atoms with van der Waals surface area (Å²) in [6.07, 6.45) is 0. The van der Waals surface area contributed by atoms with Crippen LogP contribution in [0.5, 0.6) is 5.75 Å². The molecule has 1 aliphatic heterocycles. The third-order valence-corrected chi connectivity index (χ3v) is 2.94. The summed E-state index contributed by atoms with van der Waals surface area (Å²) >= 11 is 0. The Morgan fingerprint density at radius 3 is 2.47 bits per heavy atom.